The summed E-state index contributed by atoms with van der Waals surface area (Å²) in [4.78, 5) is 33.9. The first-order valence-electron chi connectivity index (χ1n) is 11.6. The fourth-order valence-corrected chi connectivity index (χ4v) is 5.23. The molecule has 6 nitrogen and oxygen atoms in total. The molecule has 1 N–H and O–H groups in total. The first-order valence-corrected chi connectivity index (χ1v) is 11.6. The van der Waals surface area contributed by atoms with Crippen LogP contribution in [0.25, 0.3) is 11.0 Å². The molecule has 5 rings (SSSR count). The fraction of sp³-hybridized carbons (Fsp3) is 0.423. The molecule has 2 aromatic carbocycles. The van der Waals surface area contributed by atoms with Gasteiger partial charge in [-0.05, 0) is 56.9 Å². The minimum Gasteiger partial charge on any atom is -0.351 e. The summed E-state index contributed by atoms with van der Waals surface area (Å²) in [5, 5.41) is 3.32. The second kappa shape index (κ2) is 7.76. The summed E-state index contributed by atoms with van der Waals surface area (Å²) in [5.74, 6) is 0.468. The Hall–Kier alpha value is -3.15. The Balaban J connectivity index is 1.60. The van der Waals surface area contributed by atoms with Gasteiger partial charge in [-0.25, -0.2) is 4.98 Å². The van der Waals surface area contributed by atoms with Crippen LogP contribution in [-0.2, 0) is 11.3 Å². The van der Waals surface area contributed by atoms with E-state index < -0.39 is 5.54 Å². The Bertz CT molecular complexity index is 1180. The summed E-state index contributed by atoms with van der Waals surface area (Å²) in [6, 6.07) is 15.6. The van der Waals surface area contributed by atoms with Crippen LogP contribution in [0.2, 0.25) is 0 Å². The van der Waals surface area contributed by atoms with Gasteiger partial charge in [0.1, 0.15) is 5.54 Å². The van der Waals surface area contributed by atoms with Crippen molar-refractivity contribution < 1.29 is 9.59 Å². The number of anilines is 1. The largest absolute Gasteiger partial charge is 0.351 e. The number of fused-ring (bicyclic) bond motifs is 3. The highest BCUT2D eigenvalue weighted by molar-refractivity contribution is 6.12. The number of nitrogens with zero attached hydrogens (tertiary/aromatic N) is 3. The average Bonchev–Trinajstić information content (AvgIpc) is 3.15. The molecule has 1 fully saturated rings. The SMILES string of the molecule is Cc1ccc(N2C(=O)c3nc4ccccc4n3C[C@]2(C)C(=O)N[C@@H]2CCCC[C@@H]2C)cc1. The molecule has 0 spiro atoms. The van der Waals surface area contributed by atoms with E-state index in [0.717, 1.165) is 35.9 Å². The van der Waals surface area contributed by atoms with Crippen molar-refractivity contribution >= 4 is 28.5 Å². The monoisotopic (exact) mass is 430 g/mol. The highest BCUT2D eigenvalue weighted by Crippen LogP contribution is 2.35. The lowest BCUT2D eigenvalue weighted by molar-refractivity contribution is -0.127. The second-order valence-corrected chi connectivity index (χ2v) is 9.60. The topological polar surface area (TPSA) is 67.2 Å². The van der Waals surface area contributed by atoms with E-state index in [1.807, 2.05) is 66.9 Å². The zero-order valence-electron chi connectivity index (χ0n) is 19.0. The Kier molecular flexibility index (Phi) is 5.03. The number of amides is 2. The summed E-state index contributed by atoms with van der Waals surface area (Å²) in [7, 11) is 0. The van der Waals surface area contributed by atoms with Gasteiger partial charge in [0, 0.05) is 11.7 Å². The van der Waals surface area contributed by atoms with Crippen LogP contribution in [-0.4, -0.2) is 32.9 Å². The van der Waals surface area contributed by atoms with Crippen LogP contribution < -0.4 is 10.2 Å². The number of aryl methyl sites for hydroxylation is 1. The quantitative estimate of drug-likeness (QED) is 0.667. The third-order valence-corrected chi connectivity index (χ3v) is 7.22. The van der Waals surface area contributed by atoms with E-state index in [1.54, 1.807) is 4.90 Å². The van der Waals surface area contributed by atoms with Crippen molar-refractivity contribution in [2.24, 2.45) is 5.92 Å². The highest BCUT2D eigenvalue weighted by atomic mass is 16.2. The van der Waals surface area contributed by atoms with Crippen molar-refractivity contribution in [2.45, 2.75) is 64.6 Å². The van der Waals surface area contributed by atoms with E-state index in [0.29, 0.717) is 24.0 Å². The van der Waals surface area contributed by atoms with Crippen LogP contribution in [0.4, 0.5) is 5.69 Å². The lowest BCUT2D eigenvalue weighted by Gasteiger charge is -2.44. The maximum absolute atomic E-state index is 13.9. The van der Waals surface area contributed by atoms with Crippen LogP contribution in [0.5, 0.6) is 0 Å². The predicted octanol–water partition coefficient (Wildman–Crippen LogP) is 4.46. The third kappa shape index (κ3) is 3.29. The minimum atomic E-state index is -1.07. The number of imidazole rings is 1. The standard InChI is InChI=1S/C26H30N4O2/c1-17-12-14-19(15-13-17)30-24(31)23-27-21-10-6-7-11-22(21)29(23)16-26(30,3)25(32)28-20-9-5-4-8-18(20)2/h6-7,10-15,18,20H,4-5,8-9,16H2,1-3H3,(H,28,32)/t18-,20+,26+/m0/s1. The molecule has 3 atom stereocenters. The molecule has 2 aliphatic rings. The Morgan fingerprint density at radius 3 is 2.56 bits per heavy atom. The number of rotatable bonds is 3. The predicted molar refractivity (Wildman–Crippen MR) is 126 cm³/mol. The zero-order chi connectivity index (χ0) is 22.5. The van der Waals surface area contributed by atoms with Crippen molar-refractivity contribution in [2.75, 3.05) is 4.90 Å². The Labute approximate surface area is 188 Å². The van der Waals surface area contributed by atoms with Crippen LogP contribution in [0.3, 0.4) is 0 Å². The second-order valence-electron chi connectivity index (χ2n) is 9.60. The zero-order valence-corrected chi connectivity index (χ0v) is 19.0. The van der Waals surface area contributed by atoms with Gasteiger partial charge in [-0.15, -0.1) is 0 Å². The Morgan fingerprint density at radius 1 is 1.09 bits per heavy atom. The molecule has 1 saturated carbocycles. The van der Waals surface area contributed by atoms with Crippen LogP contribution in [0, 0.1) is 12.8 Å². The molecule has 2 amide bonds. The smallest absolute Gasteiger partial charge is 0.295 e. The molecule has 1 aromatic heterocycles. The van der Waals surface area contributed by atoms with Crippen LogP contribution in [0.15, 0.2) is 48.5 Å². The molecule has 0 unspecified atom stereocenters. The number of hydrogen-bond donors (Lipinski definition) is 1. The number of nitrogens with one attached hydrogen (secondary N) is 1. The van der Waals surface area contributed by atoms with Gasteiger partial charge in [-0.1, -0.05) is 49.6 Å². The summed E-state index contributed by atoms with van der Waals surface area (Å²) in [6.45, 7) is 6.45. The molecule has 166 valence electrons. The molecule has 3 aromatic rings. The minimum absolute atomic E-state index is 0.103. The number of hydrogen-bond acceptors (Lipinski definition) is 3. The van der Waals surface area contributed by atoms with Gasteiger partial charge < -0.3 is 9.88 Å². The van der Waals surface area contributed by atoms with Crippen molar-refractivity contribution in [3.63, 3.8) is 0 Å². The number of benzene rings is 2. The lowest BCUT2D eigenvalue weighted by Crippen LogP contribution is -2.66. The van der Waals surface area contributed by atoms with E-state index in [9.17, 15) is 9.59 Å². The molecule has 1 aliphatic carbocycles. The molecular weight excluding hydrogens is 400 g/mol. The van der Waals surface area contributed by atoms with Gasteiger partial charge in [0.15, 0.2) is 0 Å². The van der Waals surface area contributed by atoms with Crippen molar-refractivity contribution in [3.05, 3.63) is 59.9 Å². The van der Waals surface area contributed by atoms with Crippen molar-refractivity contribution in [1.82, 2.24) is 14.9 Å². The van der Waals surface area contributed by atoms with Crippen molar-refractivity contribution in [1.29, 1.82) is 0 Å². The fourth-order valence-electron chi connectivity index (χ4n) is 5.23. The summed E-state index contributed by atoms with van der Waals surface area (Å²) in [5.41, 5.74) is 2.40. The van der Waals surface area contributed by atoms with Crippen molar-refractivity contribution in [3.8, 4) is 0 Å². The van der Waals surface area contributed by atoms with Gasteiger partial charge in [-0.3, -0.25) is 14.5 Å². The van der Waals surface area contributed by atoms with Gasteiger partial charge in [0.25, 0.3) is 5.91 Å². The van der Waals surface area contributed by atoms with E-state index in [-0.39, 0.29) is 17.9 Å². The maximum Gasteiger partial charge on any atom is 0.295 e. The number of aromatic nitrogens is 2. The number of para-hydroxylation sites is 2. The molecule has 2 heterocycles. The molecular formula is C26H30N4O2. The van der Waals surface area contributed by atoms with E-state index in [1.165, 1.54) is 6.42 Å². The lowest BCUT2D eigenvalue weighted by atomic mass is 9.85. The average molecular weight is 431 g/mol. The maximum atomic E-state index is 13.9. The van der Waals surface area contributed by atoms with Gasteiger partial charge in [0.05, 0.1) is 17.6 Å². The Morgan fingerprint density at radius 2 is 1.81 bits per heavy atom. The van der Waals surface area contributed by atoms with Crippen LogP contribution in [0.1, 0.15) is 55.7 Å². The molecule has 0 radical (unpaired) electrons. The first kappa shape index (κ1) is 20.7. The molecule has 6 heteroatoms. The highest BCUT2D eigenvalue weighted by Gasteiger charge is 2.50. The molecule has 0 bridgehead atoms. The third-order valence-electron chi connectivity index (χ3n) is 7.22. The number of carbonyl (C=O) groups is 2. The van der Waals surface area contributed by atoms with Gasteiger partial charge >= 0.3 is 0 Å². The van der Waals surface area contributed by atoms with Crippen LogP contribution >= 0.6 is 0 Å². The summed E-state index contributed by atoms with van der Waals surface area (Å²) < 4.78 is 1.91. The molecule has 1 aliphatic heterocycles. The first-order chi connectivity index (χ1) is 15.4. The molecule has 32 heavy (non-hydrogen) atoms. The normalized spacial score (nSPS) is 25.6. The summed E-state index contributed by atoms with van der Waals surface area (Å²) in [6.07, 6.45) is 4.45. The van der Waals surface area contributed by atoms with E-state index in [4.69, 9.17) is 0 Å². The number of carbonyl (C=O) groups excluding carboxylic acids is 2. The van der Waals surface area contributed by atoms with E-state index in [2.05, 4.69) is 17.2 Å². The summed E-state index contributed by atoms with van der Waals surface area (Å²) >= 11 is 0. The molecule has 0 saturated heterocycles. The van der Waals surface area contributed by atoms with E-state index >= 15 is 0 Å². The van der Waals surface area contributed by atoms with Gasteiger partial charge in [0.2, 0.25) is 11.7 Å². The van der Waals surface area contributed by atoms with Gasteiger partial charge in [-0.2, -0.15) is 0 Å².